The summed E-state index contributed by atoms with van der Waals surface area (Å²) in [5.74, 6) is -1.49. The van der Waals surface area contributed by atoms with Gasteiger partial charge in [0.25, 0.3) is 0 Å². The van der Waals surface area contributed by atoms with Crippen molar-refractivity contribution < 1.29 is 19.1 Å². The molecule has 0 atom stereocenters. The molecular weight excluding hydrogens is 725 g/mol. The van der Waals surface area contributed by atoms with E-state index in [1.54, 1.807) is 0 Å². The molecule has 0 aliphatic carbocycles. The maximum atomic E-state index is 13.2. The minimum absolute atomic E-state index is 0.363. The average molecular weight is 829 g/mol. The van der Waals surface area contributed by atoms with Crippen molar-refractivity contribution in [3.8, 4) is 0 Å². The molecule has 0 aromatic heterocycles. The number of carbonyl (C=O) groups is 2. The van der Waals surface area contributed by atoms with Crippen LogP contribution in [0.5, 0.6) is 0 Å². The van der Waals surface area contributed by atoms with E-state index in [0.29, 0.717) is 19.6 Å². The Kier molecular flexibility index (Phi) is 49.4. The van der Waals surface area contributed by atoms with Crippen LogP contribution in [-0.4, -0.2) is 25.2 Å². The van der Waals surface area contributed by atoms with Crippen LogP contribution in [0.2, 0.25) is 0 Å². The highest BCUT2D eigenvalue weighted by Crippen LogP contribution is 2.19. The fraction of sp³-hybridized carbons (Fsp3) is 0.891. The summed E-state index contributed by atoms with van der Waals surface area (Å²) in [6, 6.07) is 0. The van der Waals surface area contributed by atoms with Crippen molar-refractivity contribution >= 4 is 11.9 Å². The molecule has 348 valence electrons. The van der Waals surface area contributed by atoms with Crippen LogP contribution >= 0.6 is 0 Å². The lowest BCUT2D eigenvalue weighted by atomic mass is 9.99. The van der Waals surface area contributed by atoms with E-state index < -0.39 is 5.92 Å². The zero-order valence-corrected chi connectivity index (χ0v) is 40.3. The molecule has 0 spiro atoms. The summed E-state index contributed by atoms with van der Waals surface area (Å²) in [6.45, 7) is 7.66. The van der Waals surface area contributed by atoms with Crippen LogP contribution in [0.4, 0.5) is 0 Å². The van der Waals surface area contributed by atoms with Gasteiger partial charge in [0.05, 0.1) is 13.2 Å². The highest BCUT2D eigenvalue weighted by Gasteiger charge is 2.29. The lowest BCUT2D eigenvalue weighted by molar-refractivity contribution is -0.162. The molecule has 0 heterocycles. The largest absolute Gasteiger partial charge is 0.465 e. The van der Waals surface area contributed by atoms with Gasteiger partial charge in [-0.15, -0.1) is 0 Å². The first-order valence-corrected chi connectivity index (χ1v) is 26.8. The van der Waals surface area contributed by atoms with Gasteiger partial charge in [0.1, 0.15) is 0 Å². The molecule has 0 aromatic carbocycles. The predicted molar refractivity (Wildman–Crippen MR) is 259 cm³/mol. The van der Waals surface area contributed by atoms with Crippen LogP contribution in [0.1, 0.15) is 297 Å². The van der Waals surface area contributed by atoms with Gasteiger partial charge in [-0.05, 0) is 70.6 Å². The number of hydrogen-bond donors (Lipinski definition) is 0. The summed E-state index contributed by atoms with van der Waals surface area (Å²) in [5, 5.41) is 0. The fourth-order valence-corrected chi connectivity index (χ4v) is 8.12. The Bertz CT molecular complexity index is 838. The number of unbranched alkanes of at least 4 members (excludes halogenated alkanes) is 37. The third kappa shape index (κ3) is 45.8. The molecule has 0 amide bonds. The number of allylic oxidation sites excluding steroid dienone is 4. The number of hydrogen-bond acceptors (Lipinski definition) is 4. The van der Waals surface area contributed by atoms with Crippen LogP contribution in [-0.2, 0) is 19.1 Å². The van der Waals surface area contributed by atoms with Crippen molar-refractivity contribution in [2.45, 2.75) is 297 Å². The monoisotopic (exact) mass is 829 g/mol. The van der Waals surface area contributed by atoms with Gasteiger partial charge < -0.3 is 9.47 Å². The minimum atomic E-state index is -0.768. The SMILES string of the molecule is CCCCCCCC/C=C\CCCCCCCCOC(=O)C(CCCCCCCCCCCCCCCC)C(=O)OCCCCCCCC/C=C\CCCCCCCC. The Morgan fingerprint density at radius 2 is 0.525 bits per heavy atom. The standard InChI is InChI=1S/C55H104O4/c1-4-7-10-13-16-19-22-25-28-30-33-36-39-42-45-48-51-58-54(56)53(50-47-44-41-38-35-32-27-24-21-18-15-12-9-6-3)55(57)59-52-49-46-43-40-37-34-31-29-26-23-20-17-14-11-8-5-2/h25-26,28-29,53H,4-24,27,30-52H2,1-3H3/b28-25-,29-26-. The molecule has 0 N–H and O–H groups in total. The molecule has 0 aliphatic heterocycles. The third-order valence-corrected chi connectivity index (χ3v) is 12.2. The van der Waals surface area contributed by atoms with E-state index in [9.17, 15) is 9.59 Å². The lowest BCUT2D eigenvalue weighted by Gasteiger charge is -2.15. The second-order valence-electron chi connectivity index (χ2n) is 18.1. The molecule has 4 heteroatoms. The van der Waals surface area contributed by atoms with Crippen LogP contribution in [0.25, 0.3) is 0 Å². The van der Waals surface area contributed by atoms with Crippen molar-refractivity contribution in [1.82, 2.24) is 0 Å². The van der Waals surface area contributed by atoms with Crippen LogP contribution in [0.3, 0.4) is 0 Å². The van der Waals surface area contributed by atoms with E-state index in [1.807, 2.05) is 0 Å². The normalized spacial score (nSPS) is 11.8. The van der Waals surface area contributed by atoms with E-state index >= 15 is 0 Å². The van der Waals surface area contributed by atoms with Gasteiger partial charge >= 0.3 is 11.9 Å². The first-order valence-electron chi connectivity index (χ1n) is 26.8. The summed E-state index contributed by atoms with van der Waals surface area (Å²) in [5.41, 5.74) is 0. The molecule has 0 rings (SSSR count). The Hall–Kier alpha value is -1.58. The minimum Gasteiger partial charge on any atom is -0.465 e. The highest BCUT2D eigenvalue weighted by molar-refractivity contribution is 5.94. The molecule has 0 fully saturated rings. The van der Waals surface area contributed by atoms with E-state index in [0.717, 1.165) is 38.5 Å². The molecule has 0 aromatic rings. The van der Waals surface area contributed by atoms with Gasteiger partial charge in [-0.1, -0.05) is 251 Å². The average Bonchev–Trinajstić information content (AvgIpc) is 3.24. The number of ether oxygens (including phenoxy) is 2. The van der Waals surface area contributed by atoms with E-state index in [1.165, 1.54) is 231 Å². The molecule has 59 heavy (non-hydrogen) atoms. The van der Waals surface area contributed by atoms with Gasteiger partial charge in [0.2, 0.25) is 0 Å². The summed E-state index contributed by atoms with van der Waals surface area (Å²) >= 11 is 0. The topological polar surface area (TPSA) is 52.6 Å². The van der Waals surface area contributed by atoms with Gasteiger partial charge in [0.15, 0.2) is 5.92 Å². The second-order valence-corrected chi connectivity index (χ2v) is 18.1. The number of rotatable bonds is 49. The molecule has 4 nitrogen and oxygen atoms in total. The highest BCUT2D eigenvalue weighted by atomic mass is 16.6. The first-order chi connectivity index (χ1) is 29.2. The summed E-state index contributed by atoms with van der Waals surface area (Å²) in [6.07, 6.45) is 63.3. The Balaban J connectivity index is 4.25. The van der Waals surface area contributed by atoms with Crippen molar-refractivity contribution in [2.24, 2.45) is 5.92 Å². The maximum Gasteiger partial charge on any atom is 0.320 e. The quantitative estimate of drug-likeness (QED) is 0.0265. The zero-order valence-electron chi connectivity index (χ0n) is 40.3. The molecule has 0 radical (unpaired) electrons. The maximum absolute atomic E-state index is 13.2. The summed E-state index contributed by atoms with van der Waals surface area (Å²) in [4.78, 5) is 26.3. The number of carbonyl (C=O) groups excluding carboxylic acids is 2. The zero-order chi connectivity index (χ0) is 42.8. The molecular formula is C55H104O4. The summed E-state index contributed by atoms with van der Waals surface area (Å²) < 4.78 is 11.4. The summed E-state index contributed by atoms with van der Waals surface area (Å²) in [7, 11) is 0. The smallest absolute Gasteiger partial charge is 0.320 e. The van der Waals surface area contributed by atoms with Crippen molar-refractivity contribution in [3.05, 3.63) is 24.3 Å². The Morgan fingerprint density at radius 1 is 0.305 bits per heavy atom. The molecule has 0 saturated heterocycles. The Morgan fingerprint density at radius 3 is 0.797 bits per heavy atom. The van der Waals surface area contributed by atoms with Gasteiger partial charge in [-0.3, -0.25) is 9.59 Å². The molecule has 0 aliphatic rings. The second kappa shape index (κ2) is 50.8. The van der Waals surface area contributed by atoms with Crippen molar-refractivity contribution in [3.63, 3.8) is 0 Å². The molecule has 0 unspecified atom stereocenters. The lowest BCUT2D eigenvalue weighted by Crippen LogP contribution is -2.28. The van der Waals surface area contributed by atoms with Crippen molar-refractivity contribution in [1.29, 1.82) is 0 Å². The molecule has 0 bridgehead atoms. The first kappa shape index (κ1) is 57.4. The molecule has 0 saturated carbocycles. The fourth-order valence-electron chi connectivity index (χ4n) is 8.12. The van der Waals surface area contributed by atoms with E-state index in [2.05, 4.69) is 45.1 Å². The van der Waals surface area contributed by atoms with Crippen LogP contribution in [0, 0.1) is 5.92 Å². The van der Waals surface area contributed by atoms with E-state index in [-0.39, 0.29) is 11.9 Å². The van der Waals surface area contributed by atoms with Gasteiger partial charge in [-0.2, -0.15) is 0 Å². The third-order valence-electron chi connectivity index (χ3n) is 12.2. The van der Waals surface area contributed by atoms with Crippen LogP contribution in [0.15, 0.2) is 24.3 Å². The Labute approximate surface area is 370 Å². The van der Waals surface area contributed by atoms with Gasteiger partial charge in [0, 0.05) is 0 Å². The van der Waals surface area contributed by atoms with E-state index in [4.69, 9.17) is 9.47 Å². The number of esters is 2. The van der Waals surface area contributed by atoms with Crippen molar-refractivity contribution in [2.75, 3.05) is 13.2 Å². The predicted octanol–water partition coefficient (Wildman–Crippen LogP) is 18.6. The van der Waals surface area contributed by atoms with Crippen LogP contribution < -0.4 is 0 Å². The van der Waals surface area contributed by atoms with Gasteiger partial charge in [-0.25, -0.2) is 0 Å².